The molecule has 1 aromatic carbocycles. The predicted molar refractivity (Wildman–Crippen MR) is 87.5 cm³/mol. The molecule has 0 saturated carbocycles. The van der Waals surface area contributed by atoms with Gasteiger partial charge in [0.2, 0.25) is 5.91 Å². The number of hydrogen-bond acceptors (Lipinski definition) is 4. The van der Waals surface area contributed by atoms with Gasteiger partial charge in [-0.3, -0.25) is 4.79 Å². The Hall–Kier alpha value is -1.59. The molecule has 0 saturated heterocycles. The number of aliphatic hydroxyl groups is 1. The Labute approximate surface area is 132 Å². The summed E-state index contributed by atoms with van der Waals surface area (Å²) in [6.45, 7) is 5.30. The van der Waals surface area contributed by atoms with Gasteiger partial charge >= 0.3 is 0 Å². The molecule has 22 heavy (non-hydrogen) atoms. The summed E-state index contributed by atoms with van der Waals surface area (Å²) >= 11 is 0. The molecule has 0 fully saturated rings. The summed E-state index contributed by atoms with van der Waals surface area (Å²) in [5, 5.41) is 12.0. The van der Waals surface area contributed by atoms with E-state index in [9.17, 15) is 4.79 Å². The third-order valence-electron chi connectivity index (χ3n) is 3.87. The van der Waals surface area contributed by atoms with Crippen molar-refractivity contribution in [3.8, 4) is 5.75 Å². The first-order valence-corrected chi connectivity index (χ1v) is 8.14. The second-order valence-corrected chi connectivity index (χ2v) is 5.42. The monoisotopic (exact) mass is 306 g/mol. The Morgan fingerprint density at radius 1 is 1.27 bits per heavy atom. The number of benzene rings is 1. The van der Waals surface area contributed by atoms with E-state index in [1.54, 1.807) is 0 Å². The number of ether oxygens (including phenoxy) is 1. The summed E-state index contributed by atoms with van der Waals surface area (Å²) in [6, 6.07) is 5.94. The molecule has 5 nitrogen and oxygen atoms in total. The fraction of sp³-hybridized carbons (Fsp3) is 0.588. The minimum atomic E-state index is 0.195. The largest absolute Gasteiger partial charge is 0.493 e. The smallest absolute Gasteiger partial charge is 0.227 e. The second kappa shape index (κ2) is 8.76. The maximum absolute atomic E-state index is 11.9. The van der Waals surface area contributed by atoms with Crippen LogP contribution in [0.5, 0.6) is 5.75 Å². The molecule has 0 spiro atoms. The van der Waals surface area contributed by atoms with Crippen molar-refractivity contribution in [2.75, 3.05) is 37.7 Å². The molecule has 5 heteroatoms. The van der Waals surface area contributed by atoms with Crippen molar-refractivity contribution in [1.29, 1.82) is 0 Å². The van der Waals surface area contributed by atoms with Crippen molar-refractivity contribution in [1.82, 2.24) is 5.32 Å². The van der Waals surface area contributed by atoms with Crippen LogP contribution in [-0.4, -0.2) is 43.9 Å². The number of nitrogens with one attached hydrogen (secondary N) is 1. The molecule has 0 unspecified atom stereocenters. The maximum atomic E-state index is 11.9. The van der Waals surface area contributed by atoms with Crippen LogP contribution in [0.3, 0.4) is 0 Å². The lowest BCUT2D eigenvalue weighted by Crippen LogP contribution is -2.34. The summed E-state index contributed by atoms with van der Waals surface area (Å²) in [5.41, 5.74) is 2.15. The Balaban J connectivity index is 1.87. The fourth-order valence-electron chi connectivity index (χ4n) is 2.75. The van der Waals surface area contributed by atoms with E-state index in [1.165, 1.54) is 0 Å². The molecule has 2 rings (SSSR count). The molecule has 0 bridgehead atoms. The van der Waals surface area contributed by atoms with Crippen molar-refractivity contribution in [2.24, 2.45) is 0 Å². The number of nitrogens with zero attached hydrogens (tertiary/aromatic N) is 1. The van der Waals surface area contributed by atoms with Crippen LogP contribution < -0.4 is 15.0 Å². The van der Waals surface area contributed by atoms with Crippen molar-refractivity contribution in [2.45, 2.75) is 32.6 Å². The van der Waals surface area contributed by atoms with Gasteiger partial charge in [0.1, 0.15) is 5.75 Å². The van der Waals surface area contributed by atoms with Crippen molar-refractivity contribution in [3.05, 3.63) is 23.8 Å². The van der Waals surface area contributed by atoms with Crippen molar-refractivity contribution in [3.63, 3.8) is 0 Å². The van der Waals surface area contributed by atoms with Crippen molar-refractivity contribution >= 4 is 11.6 Å². The Morgan fingerprint density at radius 3 is 2.86 bits per heavy atom. The van der Waals surface area contributed by atoms with Crippen LogP contribution in [0.2, 0.25) is 0 Å². The van der Waals surface area contributed by atoms with Gasteiger partial charge in [0.05, 0.1) is 12.3 Å². The average molecular weight is 306 g/mol. The second-order valence-electron chi connectivity index (χ2n) is 5.42. The standard InChI is InChI=1S/C17H26N2O3/c1-2-19-15-6-3-7-16(14(15)8-9-17(19)21)22-13-5-11-18-10-4-12-20/h3,6-7,18,20H,2,4-5,8-13H2,1H3. The molecule has 0 aromatic heterocycles. The summed E-state index contributed by atoms with van der Waals surface area (Å²) in [6.07, 6.45) is 3.03. The van der Waals surface area contributed by atoms with Gasteiger partial charge in [0.25, 0.3) is 0 Å². The molecule has 2 N–H and O–H groups in total. The number of carbonyl (C=O) groups is 1. The zero-order valence-electron chi connectivity index (χ0n) is 13.3. The zero-order chi connectivity index (χ0) is 15.8. The van der Waals surface area contributed by atoms with Gasteiger partial charge < -0.3 is 20.1 Å². The highest BCUT2D eigenvalue weighted by Gasteiger charge is 2.24. The first-order chi connectivity index (χ1) is 10.8. The Bertz CT molecular complexity index is 491. The van der Waals surface area contributed by atoms with Crippen LogP contribution in [0.25, 0.3) is 0 Å². The zero-order valence-corrected chi connectivity index (χ0v) is 13.3. The average Bonchev–Trinajstić information content (AvgIpc) is 2.54. The summed E-state index contributed by atoms with van der Waals surface area (Å²) < 4.78 is 5.91. The van der Waals surface area contributed by atoms with Crippen LogP contribution in [0.15, 0.2) is 18.2 Å². The van der Waals surface area contributed by atoms with Gasteiger partial charge in [-0.1, -0.05) is 6.07 Å². The number of aliphatic hydroxyl groups excluding tert-OH is 1. The summed E-state index contributed by atoms with van der Waals surface area (Å²) in [7, 11) is 0. The van der Waals surface area contributed by atoms with E-state index in [2.05, 4.69) is 5.32 Å². The number of fused-ring (bicyclic) bond motifs is 1. The highest BCUT2D eigenvalue weighted by molar-refractivity contribution is 5.96. The molecule has 0 radical (unpaired) electrons. The number of carbonyl (C=O) groups excluding carboxylic acids is 1. The lowest BCUT2D eigenvalue weighted by atomic mass is 10.00. The minimum Gasteiger partial charge on any atom is -0.493 e. The SMILES string of the molecule is CCN1C(=O)CCc2c(OCCCNCCCO)cccc21. The molecule has 1 aromatic rings. The molecule has 1 aliphatic rings. The van der Waals surface area contributed by atoms with Crippen molar-refractivity contribution < 1.29 is 14.6 Å². The molecule has 1 heterocycles. The van der Waals surface area contributed by atoms with E-state index in [1.807, 2.05) is 30.0 Å². The Kier molecular flexibility index (Phi) is 6.68. The minimum absolute atomic E-state index is 0.195. The van der Waals surface area contributed by atoms with E-state index in [-0.39, 0.29) is 12.5 Å². The van der Waals surface area contributed by atoms with Crippen LogP contribution in [0, 0.1) is 0 Å². The lowest BCUT2D eigenvalue weighted by molar-refractivity contribution is -0.118. The van der Waals surface area contributed by atoms with Gasteiger partial charge in [-0.25, -0.2) is 0 Å². The van der Waals surface area contributed by atoms with Crippen LogP contribution in [0.4, 0.5) is 5.69 Å². The highest BCUT2D eigenvalue weighted by Crippen LogP contribution is 2.34. The topological polar surface area (TPSA) is 61.8 Å². The van der Waals surface area contributed by atoms with Gasteiger partial charge in [0.15, 0.2) is 0 Å². The van der Waals surface area contributed by atoms with Crippen LogP contribution >= 0.6 is 0 Å². The molecular formula is C17H26N2O3. The first kappa shape index (κ1) is 16.8. The number of amides is 1. The van der Waals surface area contributed by atoms with Gasteiger partial charge in [-0.05, 0) is 51.4 Å². The molecule has 1 amide bonds. The predicted octanol–water partition coefficient (Wildman–Crippen LogP) is 1.73. The fourth-order valence-corrected chi connectivity index (χ4v) is 2.75. The molecule has 122 valence electrons. The molecular weight excluding hydrogens is 280 g/mol. The van der Waals surface area contributed by atoms with E-state index in [4.69, 9.17) is 9.84 Å². The van der Waals surface area contributed by atoms with Gasteiger partial charge in [0, 0.05) is 25.1 Å². The summed E-state index contributed by atoms with van der Waals surface area (Å²) in [5.74, 6) is 1.10. The highest BCUT2D eigenvalue weighted by atomic mass is 16.5. The maximum Gasteiger partial charge on any atom is 0.227 e. The first-order valence-electron chi connectivity index (χ1n) is 8.14. The lowest BCUT2D eigenvalue weighted by Gasteiger charge is -2.29. The van der Waals surface area contributed by atoms with E-state index < -0.39 is 0 Å². The van der Waals surface area contributed by atoms with Crippen LogP contribution in [0.1, 0.15) is 31.7 Å². The number of rotatable bonds is 9. The van der Waals surface area contributed by atoms with Gasteiger partial charge in [-0.2, -0.15) is 0 Å². The normalized spacial score (nSPS) is 14.1. The Morgan fingerprint density at radius 2 is 2.09 bits per heavy atom. The molecule has 0 atom stereocenters. The quantitative estimate of drug-likeness (QED) is 0.682. The van der Waals surface area contributed by atoms with Gasteiger partial charge in [-0.15, -0.1) is 0 Å². The van der Waals surface area contributed by atoms with Crippen LogP contribution in [-0.2, 0) is 11.2 Å². The third kappa shape index (κ3) is 4.21. The van der Waals surface area contributed by atoms with E-state index in [0.717, 1.165) is 49.4 Å². The molecule has 1 aliphatic heterocycles. The molecule has 0 aliphatic carbocycles. The third-order valence-corrected chi connectivity index (χ3v) is 3.87. The number of anilines is 1. The summed E-state index contributed by atoms with van der Waals surface area (Å²) in [4.78, 5) is 13.8. The van der Waals surface area contributed by atoms with E-state index >= 15 is 0 Å². The van der Waals surface area contributed by atoms with E-state index in [0.29, 0.717) is 19.6 Å². The number of hydrogen-bond donors (Lipinski definition) is 2.